The highest BCUT2D eigenvalue weighted by molar-refractivity contribution is 5.82. The molecule has 2 bridgehead atoms. The number of methoxy groups -OCH3 is 1. The molecule has 6 heteroatoms. The van der Waals surface area contributed by atoms with Gasteiger partial charge in [-0.15, -0.1) is 0 Å². The SMILES string of the molecule is CCC1(C)C2(C[C@H](C)COC)OC(O)C1(CCO)CCCOC2=O. The highest BCUT2D eigenvalue weighted by Gasteiger charge is 2.73. The molecule has 0 aromatic heterocycles. The maximum absolute atomic E-state index is 13.0. The molecule has 140 valence electrons. The summed E-state index contributed by atoms with van der Waals surface area (Å²) in [5.74, 6) is -0.321. The van der Waals surface area contributed by atoms with E-state index in [1.807, 2.05) is 20.8 Å². The highest BCUT2D eigenvalue weighted by atomic mass is 16.7. The van der Waals surface area contributed by atoms with Crippen molar-refractivity contribution in [3.63, 3.8) is 0 Å². The lowest BCUT2D eigenvalue weighted by molar-refractivity contribution is -0.202. The molecule has 2 fully saturated rings. The average molecular weight is 344 g/mol. The molecular formula is C18H32O6. The van der Waals surface area contributed by atoms with E-state index in [1.54, 1.807) is 7.11 Å². The zero-order chi connectivity index (χ0) is 18.0. The second-order valence-electron chi connectivity index (χ2n) is 7.62. The van der Waals surface area contributed by atoms with Crippen LogP contribution in [-0.2, 0) is 19.0 Å². The number of hydrogen-bond donors (Lipinski definition) is 2. The molecule has 0 amide bonds. The Labute approximate surface area is 144 Å². The third-order valence-corrected chi connectivity index (χ3v) is 6.46. The van der Waals surface area contributed by atoms with E-state index in [0.29, 0.717) is 45.3 Å². The van der Waals surface area contributed by atoms with Crippen molar-refractivity contribution in [3.05, 3.63) is 0 Å². The molecule has 0 radical (unpaired) electrons. The summed E-state index contributed by atoms with van der Waals surface area (Å²) in [4.78, 5) is 13.0. The van der Waals surface area contributed by atoms with Crippen LogP contribution in [0.25, 0.3) is 0 Å². The number of rotatable bonds is 7. The molecule has 2 aliphatic rings. The second-order valence-corrected chi connectivity index (χ2v) is 7.62. The summed E-state index contributed by atoms with van der Waals surface area (Å²) in [6, 6.07) is 0. The molecule has 5 atom stereocenters. The normalized spacial score (nSPS) is 40.8. The number of cyclic esters (lactones) is 1. The smallest absolute Gasteiger partial charge is 0.339 e. The number of aliphatic hydroxyl groups excluding tert-OH is 2. The predicted octanol–water partition coefficient (Wildman–Crippen LogP) is 1.87. The van der Waals surface area contributed by atoms with Gasteiger partial charge in [0.1, 0.15) is 0 Å². The Hall–Kier alpha value is -0.690. The summed E-state index contributed by atoms with van der Waals surface area (Å²) in [6.07, 6.45) is 1.72. The van der Waals surface area contributed by atoms with Gasteiger partial charge in [-0.25, -0.2) is 4.79 Å². The first-order valence-corrected chi connectivity index (χ1v) is 8.96. The van der Waals surface area contributed by atoms with Crippen molar-refractivity contribution in [2.45, 2.75) is 64.8 Å². The van der Waals surface area contributed by atoms with E-state index in [4.69, 9.17) is 14.2 Å². The first-order valence-electron chi connectivity index (χ1n) is 8.96. The molecule has 0 aromatic rings. The summed E-state index contributed by atoms with van der Waals surface area (Å²) in [7, 11) is 1.63. The minimum Gasteiger partial charge on any atom is -0.464 e. The Bertz CT molecular complexity index is 451. The van der Waals surface area contributed by atoms with E-state index in [1.165, 1.54) is 0 Å². The monoisotopic (exact) mass is 344 g/mol. The van der Waals surface area contributed by atoms with E-state index in [0.717, 1.165) is 0 Å². The van der Waals surface area contributed by atoms with Gasteiger partial charge in [0.25, 0.3) is 0 Å². The quantitative estimate of drug-likeness (QED) is 0.686. The summed E-state index contributed by atoms with van der Waals surface area (Å²) >= 11 is 0. The molecule has 0 saturated carbocycles. The van der Waals surface area contributed by atoms with Gasteiger partial charge in [0.2, 0.25) is 0 Å². The Balaban J connectivity index is 2.55. The minimum atomic E-state index is -1.21. The van der Waals surface area contributed by atoms with Crippen molar-refractivity contribution in [3.8, 4) is 0 Å². The molecule has 0 aromatic carbocycles. The third-order valence-electron chi connectivity index (χ3n) is 6.46. The lowest BCUT2D eigenvalue weighted by Gasteiger charge is -2.50. The number of ether oxygens (including phenoxy) is 3. The van der Waals surface area contributed by atoms with Crippen LogP contribution < -0.4 is 0 Å². The fourth-order valence-corrected chi connectivity index (χ4v) is 5.00. The molecule has 2 saturated heterocycles. The van der Waals surface area contributed by atoms with Gasteiger partial charge in [0.05, 0.1) is 6.61 Å². The first kappa shape index (κ1) is 19.6. The Morgan fingerprint density at radius 2 is 2.17 bits per heavy atom. The van der Waals surface area contributed by atoms with Crippen LogP contribution >= 0.6 is 0 Å². The number of fused-ring (bicyclic) bond motifs is 2. The number of carbonyl (C=O) groups is 1. The topological polar surface area (TPSA) is 85.2 Å². The number of hydrogen-bond acceptors (Lipinski definition) is 6. The maximum Gasteiger partial charge on any atom is 0.339 e. The molecule has 24 heavy (non-hydrogen) atoms. The van der Waals surface area contributed by atoms with Gasteiger partial charge in [0, 0.05) is 31.2 Å². The fraction of sp³-hybridized carbons (Fsp3) is 0.944. The summed E-state index contributed by atoms with van der Waals surface area (Å²) in [5, 5.41) is 20.5. The van der Waals surface area contributed by atoms with Gasteiger partial charge in [0.15, 0.2) is 11.9 Å². The number of carbonyl (C=O) groups excluding carboxylic acids is 1. The predicted molar refractivity (Wildman–Crippen MR) is 88.2 cm³/mol. The van der Waals surface area contributed by atoms with Crippen molar-refractivity contribution < 1.29 is 29.2 Å². The molecular weight excluding hydrogens is 312 g/mol. The van der Waals surface area contributed by atoms with Crippen LogP contribution in [0.15, 0.2) is 0 Å². The van der Waals surface area contributed by atoms with Crippen LogP contribution in [0.4, 0.5) is 0 Å². The van der Waals surface area contributed by atoms with Gasteiger partial charge in [-0.1, -0.05) is 20.8 Å². The van der Waals surface area contributed by atoms with Gasteiger partial charge in [-0.05, 0) is 38.0 Å². The molecule has 6 nitrogen and oxygen atoms in total. The summed E-state index contributed by atoms with van der Waals surface area (Å²) in [5.41, 5.74) is -2.49. The third kappa shape index (κ3) is 2.68. The van der Waals surface area contributed by atoms with Crippen molar-refractivity contribution >= 4 is 5.97 Å². The fourth-order valence-electron chi connectivity index (χ4n) is 5.00. The van der Waals surface area contributed by atoms with Gasteiger partial charge < -0.3 is 24.4 Å². The molecule has 2 rings (SSSR count). The van der Waals surface area contributed by atoms with Crippen LogP contribution in [0.3, 0.4) is 0 Å². The summed E-state index contributed by atoms with van der Waals surface area (Å²) in [6.45, 7) is 6.80. The molecule has 4 unspecified atom stereocenters. The van der Waals surface area contributed by atoms with Crippen LogP contribution in [0, 0.1) is 16.7 Å². The van der Waals surface area contributed by atoms with E-state index < -0.39 is 28.7 Å². The molecule has 2 aliphatic heterocycles. The standard InChI is InChI=1S/C18H32O6/c1-5-16(3)17(8-9-19)7-6-10-23-15(21)18(16,24-14(17)20)11-13(2)12-22-4/h13-14,19-20H,5-12H2,1-4H3/t13-,14?,16?,17?,18?/m0/s1. The maximum atomic E-state index is 13.0. The van der Waals surface area contributed by atoms with Gasteiger partial charge >= 0.3 is 5.97 Å². The molecule has 0 aliphatic carbocycles. The first-order chi connectivity index (χ1) is 11.3. The van der Waals surface area contributed by atoms with E-state index in [9.17, 15) is 15.0 Å². The zero-order valence-corrected chi connectivity index (χ0v) is 15.3. The van der Waals surface area contributed by atoms with Crippen LogP contribution in [-0.4, -0.2) is 55.0 Å². The largest absolute Gasteiger partial charge is 0.464 e. The van der Waals surface area contributed by atoms with Gasteiger partial charge in [-0.2, -0.15) is 0 Å². The summed E-state index contributed by atoms with van der Waals surface area (Å²) < 4.78 is 16.8. The van der Waals surface area contributed by atoms with E-state index in [-0.39, 0.29) is 12.5 Å². The van der Waals surface area contributed by atoms with Crippen LogP contribution in [0.2, 0.25) is 0 Å². The Kier molecular flexibility index (Phi) is 5.95. The highest BCUT2D eigenvalue weighted by Crippen LogP contribution is 2.65. The van der Waals surface area contributed by atoms with Crippen molar-refractivity contribution in [2.24, 2.45) is 16.7 Å². The van der Waals surface area contributed by atoms with Crippen molar-refractivity contribution in [2.75, 3.05) is 26.9 Å². The lowest BCUT2D eigenvalue weighted by atomic mass is 9.52. The van der Waals surface area contributed by atoms with Crippen LogP contribution in [0.5, 0.6) is 0 Å². The molecule has 0 spiro atoms. The van der Waals surface area contributed by atoms with Gasteiger partial charge in [-0.3, -0.25) is 0 Å². The molecule has 2 N–H and O–H groups in total. The number of esters is 1. The lowest BCUT2D eigenvalue weighted by Crippen LogP contribution is -2.58. The number of aliphatic hydroxyl groups is 2. The zero-order valence-electron chi connectivity index (χ0n) is 15.3. The van der Waals surface area contributed by atoms with E-state index in [2.05, 4.69) is 0 Å². The van der Waals surface area contributed by atoms with Crippen molar-refractivity contribution in [1.82, 2.24) is 0 Å². The molecule has 2 heterocycles. The van der Waals surface area contributed by atoms with E-state index >= 15 is 0 Å². The minimum absolute atomic E-state index is 0.0469. The Morgan fingerprint density at radius 3 is 2.75 bits per heavy atom. The van der Waals surface area contributed by atoms with Crippen LogP contribution in [0.1, 0.15) is 52.9 Å². The average Bonchev–Trinajstić information content (AvgIpc) is 2.74. The Morgan fingerprint density at radius 1 is 1.46 bits per heavy atom. The second kappa shape index (κ2) is 7.28. The van der Waals surface area contributed by atoms with Crippen molar-refractivity contribution in [1.29, 1.82) is 0 Å².